The van der Waals surface area contributed by atoms with Crippen LogP contribution in [0.1, 0.15) is 59.9 Å². The van der Waals surface area contributed by atoms with Crippen LogP contribution in [-0.2, 0) is 25.5 Å². The van der Waals surface area contributed by atoms with Crippen molar-refractivity contribution in [2.75, 3.05) is 5.75 Å². The third-order valence-electron chi connectivity index (χ3n) is 4.20. The summed E-state index contributed by atoms with van der Waals surface area (Å²) < 4.78 is 5.50. The number of hydrogen-bond acceptors (Lipinski definition) is 5. The van der Waals surface area contributed by atoms with Crippen LogP contribution in [0, 0.1) is 11.8 Å². The van der Waals surface area contributed by atoms with E-state index in [1.807, 2.05) is 65.0 Å². The van der Waals surface area contributed by atoms with Gasteiger partial charge < -0.3 is 10.1 Å². The second-order valence-corrected chi connectivity index (χ2v) is 9.94. The standard InChI is InChI=1S/C23H35NO4S/c1-16(2)14-20(22(27)28-23(4,5)6)24-21(26)19(15-29-17(3)25)13-12-18-10-8-7-9-11-18/h7-11,16,19-20H,12-15H2,1-6H3,(H,24,26)/t19?,20-/m0/s1. The molecule has 162 valence electrons. The molecule has 1 aromatic rings. The molecule has 0 aliphatic rings. The number of aryl methyl sites for hydroxylation is 1. The molecule has 0 aliphatic carbocycles. The van der Waals surface area contributed by atoms with Gasteiger partial charge in [-0.3, -0.25) is 9.59 Å². The fraction of sp³-hybridized carbons (Fsp3) is 0.609. The molecule has 1 amide bonds. The molecule has 1 rings (SSSR count). The largest absolute Gasteiger partial charge is 0.458 e. The summed E-state index contributed by atoms with van der Waals surface area (Å²) in [7, 11) is 0. The average Bonchev–Trinajstić information content (AvgIpc) is 2.59. The summed E-state index contributed by atoms with van der Waals surface area (Å²) in [6.45, 7) is 10.9. The molecule has 0 spiro atoms. The lowest BCUT2D eigenvalue weighted by Crippen LogP contribution is -2.47. The molecule has 6 heteroatoms. The Kier molecular flexibility index (Phi) is 10.4. The summed E-state index contributed by atoms with van der Waals surface area (Å²) in [5.41, 5.74) is 0.526. The normalized spacial score (nSPS) is 13.6. The van der Waals surface area contributed by atoms with Crippen molar-refractivity contribution >= 4 is 28.8 Å². The van der Waals surface area contributed by atoms with Crippen molar-refractivity contribution in [2.24, 2.45) is 11.8 Å². The summed E-state index contributed by atoms with van der Waals surface area (Å²) in [5, 5.41) is 2.87. The zero-order valence-corrected chi connectivity index (χ0v) is 19.3. The number of nitrogens with one attached hydrogen (secondary N) is 1. The van der Waals surface area contributed by atoms with Crippen molar-refractivity contribution in [1.82, 2.24) is 5.32 Å². The van der Waals surface area contributed by atoms with E-state index < -0.39 is 17.6 Å². The Bertz CT molecular complexity index is 667. The van der Waals surface area contributed by atoms with Gasteiger partial charge in [0.05, 0.1) is 0 Å². The number of benzene rings is 1. The van der Waals surface area contributed by atoms with Crippen LogP contribution in [0.4, 0.5) is 0 Å². The lowest BCUT2D eigenvalue weighted by molar-refractivity contribution is -0.159. The van der Waals surface area contributed by atoms with Crippen LogP contribution < -0.4 is 5.32 Å². The summed E-state index contributed by atoms with van der Waals surface area (Å²) >= 11 is 1.15. The Labute approximate surface area is 179 Å². The molecule has 0 heterocycles. The quantitative estimate of drug-likeness (QED) is 0.567. The first kappa shape index (κ1) is 25.2. The molecule has 1 aromatic carbocycles. The number of ether oxygens (including phenoxy) is 1. The molecule has 0 bridgehead atoms. The summed E-state index contributed by atoms with van der Waals surface area (Å²) in [4.78, 5) is 37.0. The van der Waals surface area contributed by atoms with Gasteiger partial charge in [0.25, 0.3) is 0 Å². The van der Waals surface area contributed by atoms with E-state index in [-0.39, 0.29) is 22.9 Å². The zero-order chi connectivity index (χ0) is 22.0. The van der Waals surface area contributed by atoms with Crippen molar-refractivity contribution in [3.05, 3.63) is 35.9 Å². The van der Waals surface area contributed by atoms with E-state index >= 15 is 0 Å². The fourth-order valence-electron chi connectivity index (χ4n) is 2.84. The first-order valence-electron chi connectivity index (χ1n) is 10.2. The number of rotatable bonds is 10. The first-order chi connectivity index (χ1) is 13.5. The molecule has 0 saturated carbocycles. The second kappa shape index (κ2) is 12.0. The molecule has 1 N–H and O–H groups in total. The minimum absolute atomic E-state index is 0.0200. The Morgan fingerprint density at radius 3 is 2.24 bits per heavy atom. The smallest absolute Gasteiger partial charge is 0.329 e. The molecule has 0 aliphatic heterocycles. The van der Waals surface area contributed by atoms with Gasteiger partial charge in [-0.1, -0.05) is 55.9 Å². The zero-order valence-electron chi connectivity index (χ0n) is 18.5. The highest BCUT2D eigenvalue weighted by Gasteiger charge is 2.30. The van der Waals surface area contributed by atoms with Crippen LogP contribution in [0.5, 0.6) is 0 Å². The minimum atomic E-state index is -0.691. The minimum Gasteiger partial charge on any atom is -0.458 e. The second-order valence-electron chi connectivity index (χ2n) is 8.75. The van der Waals surface area contributed by atoms with Crippen LogP contribution in [0.2, 0.25) is 0 Å². The van der Waals surface area contributed by atoms with Gasteiger partial charge in [0.2, 0.25) is 5.91 Å². The van der Waals surface area contributed by atoms with E-state index in [1.165, 1.54) is 6.92 Å². The van der Waals surface area contributed by atoms with Gasteiger partial charge in [-0.2, -0.15) is 0 Å². The van der Waals surface area contributed by atoms with E-state index in [2.05, 4.69) is 5.32 Å². The van der Waals surface area contributed by atoms with Crippen LogP contribution >= 0.6 is 11.8 Å². The van der Waals surface area contributed by atoms with Gasteiger partial charge in [0.15, 0.2) is 5.12 Å². The third-order valence-corrected chi connectivity index (χ3v) is 5.17. The van der Waals surface area contributed by atoms with Crippen molar-refractivity contribution in [1.29, 1.82) is 0 Å². The highest BCUT2D eigenvalue weighted by molar-refractivity contribution is 8.13. The lowest BCUT2D eigenvalue weighted by Gasteiger charge is -2.27. The Morgan fingerprint density at radius 1 is 1.10 bits per heavy atom. The summed E-state index contributed by atoms with van der Waals surface area (Å²) in [6, 6.07) is 9.25. The van der Waals surface area contributed by atoms with Gasteiger partial charge in [-0.25, -0.2) is 4.79 Å². The molecule has 5 nitrogen and oxygen atoms in total. The SMILES string of the molecule is CC(=O)SCC(CCc1ccccc1)C(=O)N[C@@H](CC(C)C)C(=O)OC(C)(C)C. The molecule has 2 atom stereocenters. The maximum Gasteiger partial charge on any atom is 0.329 e. The first-order valence-corrected chi connectivity index (χ1v) is 11.2. The van der Waals surface area contributed by atoms with E-state index in [9.17, 15) is 14.4 Å². The van der Waals surface area contributed by atoms with E-state index in [0.29, 0.717) is 18.6 Å². The Balaban J connectivity index is 2.85. The molecule has 1 unspecified atom stereocenters. The molecular formula is C23H35NO4S. The third kappa shape index (κ3) is 11.1. The van der Waals surface area contributed by atoms with E-state index in [1.54, 1.807) is 0 Å². The van der Waals surface area contributed by atoms with Crippen LogP contribution in [0.15, 0.2) is 30.3 Å². The van der Waals surface area contributed by atoms with Crippen molar-refractivity contribution in [3.8, 4) is 0 Å². The number of hydrogen-bond donors (Lipinski definition) is 1. The van der Waals surface area contributed by atoms with Crippen LogP contribution in [-0.4, -0.2) is 34.4 Å². The Hall–Kier alpha value is -1.82. The van der Waals surface area contributed by atoms with Gasteiger partial charge in [0.1, 0.15) is 11.6 Å². The van der Waals surface area contributed by atoms with E-state index in [4.69, 9.17) is 4.74 Å². The lowest BCUT2D eigenvalue weighted by atomic mass is 9.98. The number of thioether (sulfide) groups is 1. The maximum absolute atomic E-state index is 13.0. The number of amides is 1. The van der Waals surface area contributed by atoms with Gasteiger partial charge in [-0.15, -0.1) is 0 Å². The van der Waals surface area contributed by atoms with Crippen LogP contribution in [0.25, 0.3) is 0 Å². The Morgan fingerprint density at radius 2 is 1.72 bits per heavy atom. The molecule has 29 heavy (non-hydrogen) atoms. The van der Waals surface area contributed by atoms with Crippen molar-refractivity contribution < 1.29 is 19.1 Å². The molecule has 0 aromatic heterocycles. The fourth-order valence-corrected chi connectivity index (χ4v) is 3.60. The topological polar surface area (TPSA) is 72.5 Å². The maximum atomic E-state index is 13.0. The summed E-state index contributed by atoms with van der Waals surface area (Å²) in [6.07, 6.45) is 1.85. The van der Waals surface area contributed by atoms with Gasteiger partial charge in [0, 0.05) is 18.6 Å². The molecular weight excluding hydrogens is 386 g/mol. The number of carbonyl (C=O) groups is 3. The predicted molar refractivity (Wildman–Crippen MR) is 119 cm³/mol. The predicted octanol–water partition coefficient (Wildman–Crippen LogP) is 4.39. The highest BCUT2D eigenvalue weighted by Crippen LogP contribution is 2.19. The van der Waals surface area contributed by atoms with E-state index in [0.717, 1.165) is 23.7 Å². The van der Waals surface area contributed by atoms with Gasteiger partial charge in [-0.05, 0) is 51.5 Å². The number of carbonyl (C=O) groups excluding carboxylic acids is 3. The average molecular weight is 422 g/mol. The number of esters is 1. The van der Waals surface area contributed by atoms with Gasteiger partial charge >= 0.3 is 5.97 Å². The molecule has 0 fully saturated rings. The van der Waals surface area contributed by atoms with Crippen LogP contribution in [0.3, 0.4) is 0 Å². The summed E-state index contributed by atoms with van der Waals surface area (Å²) in [5.74, 6) is -0.355. The highest BCUT2D eigenvalue weighted by atomic mass is 32.2. The van der Waals surface area contributed by atoms with Crippen molar-refractivity contribution in [3.63, 3.8) is 0 Å². The molecule has 0 radical (unpaired) electrons. The van der Waals surface area contributed by atoms with Crippen molar-refractivity contribution in [2.45, 2.75) is 72.4 Å². The monoisotopic (exact) mass is 421 g/mol. The molecule has 0 saturated heterocycles.